The Labute approximate surface area is 400 Å². The molecule has 0 saturated carbocycles. The molecule has 0 aliphatic heterocycles. The molecule has 0 unspecified atom stereocenters. The van der Waals surface area contributed by atoms with Gasteiger partial charge in [-0.2, -0.15) is 0 Å². The van der Waals surface area contributed by atoms with Gasteiger partial charge in [-0.3, -0.25) is 0 Å². The second-order valence-corrected chi connectivity index (χ2v) is 18.0. The zero-order chi connectivity index (χ0) is 45.9. The van der Waals surface area contributed by atoms with Crippen LogP contribution in [0.1, 0.15) is 0 Å². The molecular formula is C64H38N4O2. The molecule has 0 atom stereocenters. The SMILES string of the molecule is c1ccc(-c2cc(-c3cccc(-n4c5ccccc5c5c6oc7ccccc7c6ccc54)c3-c3ccccc3-n3c4ccccc4c4c5oc6ccccc6c5ccc43)nc(-c3ccccc3)n2)cc1. The Kier molecular flexibility index (Phi) is 8.26. The van der Waals surface area contributed by atoms with Gasteiger partial charge in [0.15, 0.2) is 5.82 Å². The van der Waals surface area contributed by atoms with Crippen molar-refractivity contribution in [2.45, 2.75) is 0 Å². The van der Waals surface area contributed by atoms with Gasteiger partial charge in [0.25, 0.3) is 0 Å². The summed E-state index contributed by atoms with van der Waals surface area (Å²) in [5, 5.41) is 8.80. The summed E-state index contributed by atoms with van der Waals surface area (Å²) >= 11 is 0. The van der Waals surface area contributed by atoms with Crippen LogP contribution in [0.2, 0.25) is 0 Å². The highest BCUT2D eigenvalue weighted by Gasteiger charge is 2.26. The maximum Gasteiger partial charge on any atom is 0.160 e. The van der Waals surface area contributed by atoms with E-state index in [-0.39, 0.29) is 0 Å². The second-order valence-electron chi connectivity index (χ2n) is 18.0. The Morgan fingerprint density at radius 3 is 1.41 bits per heavy atom. The highest BCUT2D eigenvalue weighted by atomic mass is 16.3. The molecule has 5 aromatic heterocycles. The smallest absolute Gasteiger partial charge is 0.160 e. The number of hydrogen-bond donors (Lipinski definition) is 0. The Morgan fingerprint density at radius 1 is 0.314 bits per heavy atom. The van der Waals surface area contributed by atoms with E-state index < -0.39 is 0 Å². The van der Waals surface area contributed by atoms with Gasteiger partial charge in [-0.05, 0) is 66.7 Å². The van der Waals surface area contributed by atoms with Crippen LogP contribution in [0.3, 0.4) is 0 Å². The zero-order valence-corrected chi connectivity index (χ0v) is 37.5. The number of para-hydroxylation sites is 5. The zero-order valence-electron chi connectivity index (χ0n) is 37.5. The van der Waals surface area contributed by atoms with E-state index in [0.29, 0.717) is 5.82 Å². The standard InChI is InChI=1S/C64H38N4O2/c1-3-18-39(19-4-1)49-38-50(66-64(65-49)40-20-5-2-6-21-40)45-27-17-31-54(68-53-30-14-9-26-48(53)61-56(68)37-35-44-42-23-11-16-33-58(42)70-63(44)61)59(45)46-24-7-12-28-51(46)67-52-29-13-8-25-47(52)60-55(67)36-34-43-41-22-10-15-32-57(41)69-62(43)60/h1-38H. The fourth-order valence-corrected chi connectivity index (χ4v) is 11.2. The normalized spacial score (nSPS) is 12.0. The highest BCUT2D eigenvalue weighted by molar-refractivity contribution is 6.25. The van der Waals surface area contributed by atoms with Gasteiger partial charge in [0.05, 0.1) is 55.6 Å². The Balaban J connectivity index is 1.08. The summed E-state index contributed by atoms with van der Waals surface area (Å²) < 4.78 is 18.4. The van der Waals surface area contributed by atoms with E-state index in [9.17, 15) is 0 Å². The van der Waals surface area contributed by atoms with Gasteiger partial charge in [-0.15, -0.1) is 0 Å². The average Bonchev–Trinajstić information content (AvgIpc) is 4.19. The van der Waals surface area contributed by atoms with Crippen LogP contribution in [-0.2, 0) is 0 Å². The minimum absolute atomic E-state index is 0.656. The summed E-state index contributed by atoms with van der Waals surface area (Å²) in [6.07, 6.45) is 0. The fourth-order valence-electron chi connectivity index (χ4n) is 11.2. The molecule has 15 rings (SSSR count). The number of hydrogen-bond acceptors (Lipinski definition) is 4. The fraction of sp³-hybridized carbons (Fsp3) is 0. The van der Waals surface area contributed by atoms with Gasteiger partial charge in [0.1, 0.15) is 22.3 Å². The van der Waals surface area contributed by atoms with Crippen molar-refractivity contribution in [2.24, 2.45) is 0 Å². The predicted octanol–water partition coefficient (Wildman–Crippen LogP) is 17.1. The number of aromatic nitrogens is 4. The van der Waals surface area contributed by atoms with E-state index in [1.54, 1.807) is 0 Å². The average molecular weight is 895 g/mol. The topological polar surface area (TPSA) is 61.9 Å². The van der Waals surface area contributed by atoms with Crippen molar-refractivity contribution >= 4 is 87.5 Å². The van der Waals surface area contributed by atoms with Crippen molar-refractivity contribution in [1.82, 2.24) is 19.1 Å². The number of benzene rings is 10. The van der Waals surface area contributed by atoms with Crippen LogP contribution in [0.25, 0.3) is 144 Å². The Morgan fingerprint density at radius 2 is 0.786 bits per heavy atom. The van der Waals surface area contributed by atoms with E-state index >= 15 is 0 Å². The van der Waals surface area contributed by atoms with Gasteiger partial charge in [-0.25, -0.2) is 9.97 Å². The summed E-state index contributed by atoms with van der Waals surface area (Å²) in [5.74, 6) is 0.656. The van der Waals surface area contributed by atoms with Gasteiger partial charge in [0.2, 0.25) is 0 Å². The maximum absolute atomic E-state index is 6.80. The molecule has 0 spiro atoms. The predicted molar refractivity (Wildman–Crippen MR) is 287 cm³/mol. The molecule has 70 heavy (non-hydrogen) atoms. The van der Waals surface area contributed by atoms with Crippen LogP contribution in [0.4, 0.5) is 0 Å². The highest BCUT2D eigenvalue weighted by Crippen LogP contribution is 2.48. The number of rotatable bonds is 6. The lowest BCUT2D eigenvalue weighted by Crippen LogP contribution is -2.04. The molecule has 0 fully saturated rings. The van der Waals surface area contributed by atoms with Crippen molar-refractivity contribution in [1.29, 1.82) is 0 Å². The molecule has 10 aromatic carbocycles. The summed E-state index contributed by atoms with van der Waals surface area (Å²) in [7, 11) is 0. The summed E-state index contributed by atoms with van der Waals surface area (Å²) in [6, 6.07) is 81.3. The lowest BCUT2D eigenvalue weighted by atomic mass is 9.93. The molecule has 15 aromatic rings. The van der Waals surface area contributed by atoms with E-state index in [1.165, 1.54) is 0 Å². The molecule has 0 N–H and O–H groups in total. The van der Waals surface area contributed by atoms with E-state index in [0.717, 1.165) is 138 Å². The number of furan rings is 2. The van der Waals surface area contributed by atoms with E-state index in [4.69, 9.17) is 18.8 Å². The summed E-state index contributed by atoms with van der Waals surface area (Å²) in [5.41, 5.74) is 16.5. The van der Waals surface area contributed by atoms with Crippen molar-refractivity contribution in [3.05, 3.63) is 231 Å². The van der Waals surface area contributed by atoms with Crippen LogP contribution in [-0.4, -0.2) is 19.1 Å². The third-order valence-corrected chi connectivity index (χ3v) is 14.2. The van der Waals surface area contributed by atoms with Crippen LogP contribution < -0.4 is 0 Å². The second kappa shape index (κ2) is 15.0. The quantitative estimate of drug-likeness (QED) is 0.167. The first-order valence-corrected chi connectivity index (χ1v) is 23.7. The molecule has 5 heterocycles. The lowest BCUT2D eigenvalue weighted by Gasteiger charge is -2.22. The largest absolute Gasteiger partial charge is 0.455 e. The summed E-state index contributed by atoms with van der Waals surface area (Å²) in [4.78, 5) is 10.7. The van der Waals surface area contributed by atoms with Gasteiger partial charge < -0.3 is 18.0 Å². The third-order valence-electron chi connectivity index (χ3n) is 14.2. The number of nitrogens with zero attached hydrogens (tertiary/aromatic N) is 4. The Hall–Kier alpha value is -9.52. The first-order valence-electron chi connectivity index (χ1n) is 23.7. The van der Waals surface area contributed by atoms with E-state index in [2.05, 4.69) is 203 Å². The first kappa shape index (κ1) is 38.6. The van der Waals surface area contributed by atoms with E-state index in [1.807, 2.05) is 36.4 Å². The molecule has 0 aliphatic rings. The lowest BCUT2D eigenvalue weighted by molar-refractivity contribution is 0.672. The maximum atomic E-state index is 6.80. The van der Waals surface area contributed by atoms with Crippen LogP contribution in [0.5, 0.6) is 0 Å². The van der Waals surface area contributed by atoms with Gasteiger partial charge in [-0.1, -0.05) is 164 Å². The van der Waals surface area contributed by atoms with Crippen LogP contribution in [0.15, 0.2) is 239 Å². The Bertz CT molecular complexity index is 4540. The van der Waals surface area contributed by atoms with Crippen molar-refractivity contribution < 1.29 is 8.83 Å². The monoisotopic (exact) mass is 894 g/mol. The molecular weight excluding hydrogens is 857 g/mol. The third kappa shape index (κ3) is 5.62. The van der Waals surface area contributed by atoms with Crippen molar-refractivity contribution in [3.63, 3.8) is 0 Å². The molecule has 0 bridgehead atoms. The first-order chi connectivity index (χ1) is 34.7. The van der Waals surface area contributed by atoms with Crippen LogP contribution in [0, 0.1) is 0 Å². The molecule has 6 nitrogen and oxygen atoms in total. The molecule has 326 valence electrons. The molecule has 0 amide bonds. The minimum atomic E-state index is 0.656. The molecule has 0 radical (unpaired) electrons. The van der Waals surface area contributed by atoms with Crippen LogP contribution >= 0.6 is 0 Å². The number of fused-ring (bicyclic) bond motifs is 14. The van der Waals surface area contributed by atoms with Gasteiger partial charge >= 0.3 is 0 Å². The molecule has 0 saturated heterocycles. The van der Waals surface area contributed by atoms with Gasteiger partial charge in [0, 0.05) is 60.1 Å². The molecule has 6 heteroatoms. The van der Waals surface area contributed by atoms with Crippen molar-refractivity contribution in [2.75, 3.05) is 0 Å². The minimum Gasteiger partial charge on any atom is -0.455 e. The summed E-state index contributed by atoms with van der Waals surface area (Å²) in [6.45, 7) is 0. The molecule has 0 aliphatic carbocycles. The van der Waals surface area contributed by atoms with Crippen molar-refractivity contribution in [3.8, 4) is 56.4 Å².